The number of nitrogens with zero attached hydrogens (tertiary/aromatic N) is 3. The number of halogens is 2. The molecule has 2 heterocycles. The molecule has 26 heavy (non-hydrogen) atoms. The van der Waals surface area contributed by atoms with Gasteiger partial charge in [-0.1, -0.05) is 36.2 Å². The van der Waals surface area contributed by atoms with Crippen molar-refractivity contribution in [2.45, 2.75) is 33.0 Å². The van der Waals surface area contributed by atoms with Crippen molar-refractivity contribution in [1.82, 2.24) is 14.8 Å². The largest absolute Gasteiger partial charge is 0.510 e. The number of ether oxygens (including phenoxy) is 2. The number of hydrogen-bond acceptors (Lipinski definition) is 5. The molecule has 1 saturated heterocycles. The lowest BCUT2D eigenvalue weighted by molar-refractivity contribution is -0.222. The third-order valence-electron chi connectivity index (χ3n) is 4.40. The Balaban J connectivity index is 1.95. The molecule has 0 radical (unpaired) electrons. The number of allylic oxidation sites excluding steroid dienone is 1. The van der Waals surface area contributed by atoms with Crippen LogP contribution in [0.15, 0.2) is 36.6 Å². The quantitative estimate of drug-likeness (QED) is 0.759. The van der Waals surface area contributed by atoms with Gasteiger partial charge in [0.25, 0.3) is 0 Å². The molecule has 1 aromatic heterocycles. The van der Waals surface area contributed by atoms with E-state index < -0.39 is 5.41 Å². The van der Waals surface area contributed by atoms with E-state index in [4.69, 9.17) is 32.7 Å². The van der Waals surface area contributed by atoms with Crippen LogP contribution in [0.1, 0.15) is 25.8 Å². The number of benzene rings is 1. The molecule has 0 amide bonds. The molecule has 1 fully saturated rings. The molecule has 8 heteroatoms. The molecule has 1 aliphatic rings. The lowest BCUT2D eigenvalue weighted by atomic mass is 9.87. The van der Waals surface area contributed by atoms with E-state index in [0.29, 0.717) is 35.4 Å². The van der Waals surface area contributed by atoms with Crippen LogP contribution in [0.2, 0.25) is 10.0 Å². The zero-order valence-electron chi connectivity index (χ0n) is 14.7. The van der Waals surface area contributed by atoms with Crippen LogP contribution in [0.25, 0.3) is 5.70 Å². The molecule has 0 atom stereocenters. The van der Waals surface area contributed by atoms with Crippen LogP contribution in [0.3, 0.4) is 0 Å². The third-order valence-corrected chi connectivity index (χ3v) is 5.14. The second kappa shape index (κ2) is 7.96. The second-order valence-electron chi connectivity index (χ2n) is 6.58. The highest BCUT2D eigenvalue weighted by atomic mass is 35.5. The van der Waals surface area contributed by atoms with Crippen molar-refractivity contribution in [3.05, 3.63) is 52.2 Å². The highest BCUT2D eigenvalue weighted by Crippen LogP contribution is 2.35. The van der Waals surface area contributed by atoms with Crippen molar-refractivity contribution in [3.63, 3.8) is 0 Å². The molecule has 3 rings (SSSR count). The Bertz CT molecular complexity index is 785. The van der Waals surface area contributed by atoms with Gasteiger partial charge in [-0.2, -0.15) is 5.10 Å². The number of hydrogen-bond donors (Lipinski definition) is 1. The summed E-state index contributed by atoms with van der Waals surface area (Å²) in [5.41, 5.74) is 0.804. The van der Waals surface area contributed by atoms with Crippen molar-refractivity contribution >= 4 is 28.9 Å². The van der Waals surface area contributed by atoms with E-state index in [2.05, 4.69) is 10.1 Å². The summed E-state index contributed by atoms with van der Waals surface area (Å²) in [4.78, 5) is 3.99. The van der Waals surface area contributed by atoms with Crippen LogP contribution in [-0.4, -0.2) is 39.4 Å². The van der Waals surface area contributed by atoms with Crippen LogP contribution < -0.4 is 0 Å². The van der Waals surface area contributed by atoms with Crippen molar-refractivity contribution in [2.75, 3.05) is 13.2 Å². The van der Waals surface area contributed by atoms with Gasteiger partial charge in [0.05, 0.1) is 34.4 Å². The summed E-state index contributed by atoms with van der Waals surface area (Å²) in [6.45, 7) is 4.61. The molecule has 0 saturated carbocycles. The predicted octanol–water partition coefficient (Wildman–Crippen LogP) is 4.34. The number of aromatic nitrogens is 3. The van der Waals surface area contributed by atoms with Crippen LogP contribution in [-0.2, 0) is 15.9 Å². The van der Waals surface area contributed by atoms with Crippen molar-refractivity contribution in [2.24, 2.45) is 5.41 Å². The van der Waals surface area contributed by atoms with Gasteiger partial charge in [-0.05, 0) is 31.0 Å². The fourth-order valence-corrected chi connectivity index (χ4v) is 3.15. The second-order valence-corrected chi connectivity index (χ2v) is 7.40. The van der Waals surface area contributed by atoms with Gasteiger partial charge in [0.15, 0.2) is 6.29 Å². The normalized spacial score (nSPS) is 24.4. The molecule has 140 valence electrons. The minimum atomic E-state index is -0.677. The topological polar surface area (TPSA) is 69.4 Å². The molecule has 1 aromatic carbocycles. The number of aliphatic hydroxyl groups excluding tert-OH is 1. The van der Waals surface area contributed by atoms with E-state index in [1.54, 1.807) is 23.1 Å². The maximum absolute atomic E-state index is 11.1. The minimum absolute atomic E-state index is 0.156. The van der Waals surface area contributed by atoms with Gasteiger partial charge < -0.3 is 14.6 Å². The van der Waals surface area contributed by atoms with Gasteiger partial charge in [0.1, 0.15) is 18.4 Å². The third kappa shape index (κ3) is 4.04. The molecule has 0 aliphatic carbocycles. The Morgan fingerprint density at radius 1 is 1.31 bits per heavy atom. The fraction of sp³-hybridized carbons (Fsp3) is 0.444. The summed E-state index contributed by atoms with van der Waals surface area (Å²) in [6.07, 6.45) is 3.90. The molecule has 1 N–H and O–H groups in total. The number of aliphatic hydroxyl groups is 1. The molecule has 0 bridgehead atoms. The summed E-state index contributed by atoms with van der Waals surface area (Å²) in [5.74, 6) is 0.156. The first kappa shape index (κ1) is 19.2. The van der Waals surface area contributed by atoms with Gasteiger partial charge in [-0.3, -0.25) is 0 Å². The van der Waals surface area contributed by atoms with Crippen molar-refractivity contribution in [1.29, 1.82) is 0 Å². The Morgan fingerprint density at radius 3 is 2.62 bits per heavy atom. The van der Waals surface area contributed by atoms with Crippen molar-refractivity contribution in [3.8, 4) is 0 Å². The molecule has 1 aliphatic heterocycles. The maximum Gasteiger partial charge on any atom is 0.157 e. The predicted molar refractivity (Wildman–Crippen MR) is 100 cm³/mol. The molecule has 0 spiro atoms. The highest BCUT2D eigenvalue weighted by molar-refractivity contribution is 6.42. The zero-order chi connectivity index (χ0) is 18.7. The molecule has 0 unspecified atom stereocenters. The standard InChI is InChI=1S/C18H21Cl2N3O3/c1-3-16-25-8-18(2,9-26-16)17(24)15(23-11-21-10-22-23)7-12-4-5-13(19)14(20)6-12/h4-6,10-11,16,24H,3,7-9H2,1-2H3. The summed E-state index contributed by atoms with van der Waals surface area (Å²) >= 11 is 12.1. The highest BCUT2D eigenvalue weighted by Gasteiger charge is 2.38. The molecule has 6 nitrogen and oxygen atoms in total. The Labute approximate surface area is 162 Å². The van der Waals surface area contributed by atoms with E-state index in [0.717, 1.165) is 12.0 Å². The van der Waals surface area contributed by atoms with Gasteiger partial charge in [-0.15, -0.1) is 0 Å². The fourth-order valence-electron chi connectivity index (χ4n) is 2.83. The first-order valence-corrected chi connectivity index (χ1v) is 9.13. The monoisotopic (exact) mass is 397 g/mol. The van der Waals surface area contributed by atoms with E-state index in [9.17, 15) is 5.11 Å². The lowest BCUT2D eigenvalue weighted by Gasteiger charge is -2.37. The van der Waals surface area contributed by atoms with E-state index >= 15 is 0 Å². The molecule has 2 aromatic rings. The SMILES string of the molecule is CCC1OCC(C)(C(O)=C(Cc2ccc(Cl)c(Cl)c2)n2cncn2)CO1. The smallest absolute Gasteiger partial charge is 0.157 e. The van der Waals surface area contributed by atoms with Gasteiger partial charge in [0.2, 0.25) is 0 Å². The van der Waals surface area contributed by atoms with E-state index in [-0.39, 0.29) is 12.0 Å². The van der Waals surface area contributed by atoms with Gasteiger partial charge >= 0.3 is 0 Å². The van der Waals surface area contributed by atoms with Crippen LogP contribution in [0.5, 0.6) is 0 Å². The van der Waals surface area contributed by atoms with E-state index in [1.807, 2.05) is 19.9 Å². The van der Waals surface area contributed by atoms with Gasteiger partial charge in [-0.25, -0.2) is 9.67 Å². The first-order valence-electron chi connectivity index (χ1n) is 8.37. The minimum Gasteiger partial charge on any atom is -0.510 e. The lowest BCUT2D eigenvalue weighted by Crippen LogP contribution is -2.41. The molecular weight excluding hydrogens is 377 g/mol. The Kier molecular flexibility index (Phi) is 5.87. The van der Waals surface area contributed by atoms with Crippen LogP contribution in [0, 0.1) is 5.41 Å². The zero-order valence-corrected chi connectivity index (χ0v) is 16.2. The summed E-state index contributed by atoms with van der Waals surface area (Å²) in [5, 5.41) is 16.2. The summed E-state index contributed by atoms with van der Waals surface area (Å²) < 4.78 is 13.0. The average Bonchev–Trinajstić information content (AvgIpc) is 3.17. The Morgan fingerprint density at radius 2 is 2.04 bits per heavy atom. The van der Waals surface area contributed by atoms with Crippen molar-refractivity contribution < 1.29 is 14.6 Å². The maximum atomic E-state index is 11.1. The Hall–Kier alpha value is -1.60. The first-order chi connectivity index (χ1) is 12.4. The number of rotatable bonds is 5. The van der Waals surface area contributed by atoms with Crippen LogP contribution in [0.4, 0.5) is 0 Å². The summed E-state index contributed by atoms with van der Waals surface area (Å²) in [6, 6.07) is 5.37. The van der Waals surface area contributed by atoms with Crippen LogP contribution >= 0.6 is 23.2 Å². The summed E-state index contributed by atoms with van der Waals surface area (Å²) in [7, 11) is 0. The average molecular weight is 398 g/mol. The van der Waals surface area contributed by atoms with E-state index in [1.165, 1.54) is 6.33 Å². The van der Waals surface area contributed by atoms with Gasteiger partial charge in [0, 0.05) is 6.42 Å². The molecular formula is C18H21Cl2N3O3.